The summed E-state index contributed by atoms with van der Waals surface area (Å²) in [6.45, 7) is 4.67. The molecule has 0 saturated carbocycles. The molecular weight excluding hydrogens is 228 g/mol. The second-order valence-corrected chi connectivity index (χ2v) is 5.21. The van der Waals surface area contributed by atoms with Crippen molar-refractivity contribution in [3.63, 3.8) is 0 Å². The van der Waals surface area contributed by atoms with Crippen molar-refractivity contribution in [3.8, 4) is 0 Å². The average molecular weight is 248 g/mol. The third-order valence-electron chi connectivity index (χ3n) is 1.95. The zero-order valence-electron chi connectivity index (χ0n) is 10.1. The van der Waals surface area contributed by atoms with Crippen LogP contribution in [0, 0.1) is 0 Å². The molecule has 1 aromatic rings. The molecule has 0 unspecified atom stereocenters. The zero-order chi connectivity index (χ0) is 12.6. The van der Waals surface area contributed by atoms with E-state index in [1.54, 1.807) is 0 Å². The van der Waals surface area contributed by atoms with Crippen LogP contribution in [0.4, 0.5) is 0 Å². The van der Waals surface area contributed by atoms with Crippen LogP contribution in [0.15, 0.2) is 18.7 Å². The number of imidazole rings is 1. The lowest BCUT2D eigenvalue weighted by Crippen LogP contribution is -2.23. The average Bonchev–Trinajstić information content (AvgIpc) is 2.61. The van der Waals surface area contributed by atoms with Gasteiger partial charge in [-0.05, 0) is 6.42 Å². The van der Waals surface area contributed by atoms with E-state index in [4.69, 9.17) is 0 Å². The monoisotopic (exact) mass is 248 g/mol. The van der Waals surface area contributed by atoms with Gasteiger partial charge in [-0.3, -0.25) is 0 Å². The molecule has 0 N–H and O–H groups in total. The summed E-state index contributed by atoms with van der Waals surface area (Å²) >= 11 is 0. The van der Waals surface area contributed by atoms with Crippen LogP contribution in [0.5, 0.6) is 0 Å². The minimum Gasteiger partial charge on any atom is -0.748 e. The van der Waals surface area contributed by atoms with E-state index in [1.807, 2.05) is 7.05 Å². The first-order chi connectivity index (χ1) is 7.39. The molecule has 0 spiro atoms. The Kier molecular flexibility index (Phi) is 7.00. The molecule has 0 aliphatic rings. The molecule has 0 saturated heterocycles. The molecule has 0 atom stereocenters. The molecule has 16 heavy (non-hydrogen) atoms. The summed E-state index contributed by atoms with van der Waals surface area (Å²) in [4.78, 5) is 0. The van der Waals surface area contributed by atoms with Gasteiger partial charge in [-0.15, -0.1) is 0 Å². The van der Waals surface area contributed by atoms with E-state index >= 15 is 0 Å². The molecule has 5 nitrogen and oxygen atoms in total. The molecule has 0 amide bonds. The van der Waals surface area contributed by atoms with Gasteiger partial charge in [0, 0.05) is 5.75 Å². The summed E-state index contributed by atoms with van der Waals surface area (Å²) in [7, 11) is -1.87. The van der Waals surface area contributed by atoms with Gasteiger partial charge in [0.1, 0.15) is 12.4 Å². The molecule has 6 heteroatoms. The predicted molar refractivity (Wildman–Crippen MR) is 60.8 cm³/mol. The van der Waals surface area contributed by atoms with Gasteiger partial charge in [0.15, 0.2) is 0 Å². The van der Waals surface area contributed by atoms with Gasteiger partial charge in [0.05, 0.1) is 23.7 Å². The second kappa shape index (κ2) is 7.40. The van der Waals surface area contributed by atoms with Crippen molar-refractivity contribution in [2.45, 2.75) is 33.2 Å². The highest BCUT2D eigenvalue weighted by Crippen LogP contribution is 1.91. The van der Waals surface area contributed by atoms with E-state index < -0.39 is 10.1 Å². The topological polar surface area (TPSA) is 66.0 Å². The molecule has 0 aliphatic heterocycles. The molecule has 0 aliphatic carbocycles. The van der Waals surface area contributed by atoms with E-state index in [1.165, 1.54) is 19.8 Å². The number of aryl methyl sites for hydroxylation is 2. The van der Waals surface area contributed by atoms with Gasteiger partial charge < -0.3 is 4.55 Å². The number of rotatable bonds is 4. The van der Waals surface area contributed by atoms with E-state index in [-0.39, 0.29) is 5.75 Å². The van der Waals surface area contributed by atoms with Crippen molar-refractivity contribution >= 4 is 10.1 Å². The van der Waals surface area contributed by atoms with Gasteiger partial charge in [0.2, 0.25) is 6.33 Å². The fraction of sp³-hybridized carbons (Fsp3) is 0.700. The number of hydrogen-bond donors (Lipinski definition) is 0. The molecule has 0 bridgehead atoms. The maximum atomic E-state index is 9.44. The first-order valence-electron chi connectivity index (χ1n) is 5.33. The Balaban J connectivity index is 0.000000325. The quantitative estimate of drug-likeness (QED) is 0.581. The molecule has 1 heterocycles. The Bertz CT molecular complexity index is 385. The van der Waals surface area contributed by atoms with Crippen LogP contribution in [0.1, 0.15) is 26.7 Å². The molecule has 1 aromatic heterocycles. The second-order valence-electron chi connectivity index (χ2n) is 3.52. The Morgan fingerprint density at radius 3 is 2.25 bits per heavy atom. The normalized spacial score (nSPS) is 10.8. The van der Waals surface area contributed by atoms with Crippen LogP contribution < -0.4 is 4.57 Å². The van der Waals surface area contributed by atoms with Crippen molar-refractivity contribution in [3.05, 3.63) is 18.7 Å². The lowest BCUT2D eigenvalue weighted by Gasteiger charge is -1.97. The first kappa shape index (κ1) is 15.1. The highest BCUT2D eigenvalue weighted by molar-refractivity contribution is 7.85. The van der Waals surface area contributed by atoms with Gasteiger partial charge in [-0.25, -0.2) is 17.6 Å². The highest BCUT2D eigenvalue weighted by Gasteiger charge is 1.96. The smallest absolute Gasteiger partial charge is 0.243 e. The summed E-state index contributed by atoms with van der Waals surface area (Å²) in [5, 5.41) is 0. The van der Waals surface area contributed by atoms with Crippen molar-refractivity contribution in [1.29, 1.82) is 0 Å². The van der Waals surface area contributed by atoms with E-state index in [0.29, 0.717) is 0 Å². The lowest BCUT2D eigenvalue weighted by atomic mass is 10.3. The zero-order valence-corrected chi connectivity index (χ0v) is 10.9. The van der Waals surface area contributed by atoms with Gasteiger partial charge in [-0.2, -0.15) is 0 Å². The minimum atomic E-state index is -3.91. The van der Waals surface area contributed by atoms with Crippen LogP contribution in [0.25, 0.3) is 0 Å². The molecule has 0 radical (unpaired) electrons. The van der Waals surface area contributed by atoms with Crippen molar-refractivity contribution in [1.82, 2.24) is 4.57 Å². The number of nitrogens with zero attached hydrogens (tertiary/aromatic N) is 2. The maximum Gasteiger partial charge on any atom is 0.243 e. The number of aromatic nitrogens is 2. The molecule has 0 fully saturated rings. The van der Waals surface area contributed by atoms with Gasteiger partial charge >= 0.3 is 0 Å². The third kappa shape index (κ3) is 8.43. The Hall–Kier alpha value is -0.880. The van der Waals surface area contributed by atoms with Crippen molar-refractivity contribution < 1.29 is 17.5 Å². The summed E-state index contributed by atoms with van der Waals surface area (Å²) in [6.07, 6.45) is 8.82. The van der Waals surface area contributed by atoms with Gasteiger partial charge in [-0.1, -0.05) is 20.3 Å². The Labute approximate surface area is 97.5 Å². The van der Waals surface area contributed by atoms with E-state index in [0.717, 1.165) is 6.54 Å². The maximum absolute atomic E-state index is 9.44. The standard InChI is InChI=1S/C8H15N2.C2H6O3S/c1-3-4-5-10-7-6-9(2)8-10;1-2-6(3,4)5/h6-8H,3-5H2,1-2H3;2H2,1H3,(H,3,4,5)/q+1;/p-1. The van der Waals surface area contributed by atoms with Crippen molar-refractivity contribution in [2.24, 2.45) is 7.05 Å². The predicted octanol–water partition coefficient (Wildman–Crippen LogP) is 0.664. The fourth-order valence-corrected chi connectivity index (χ4v) is 0.975. The van der Waals surface area contributed by atoms with E-state index in [2.05, 4.69) is 34.8 Å². The van der Waals surface area contributed by atoms with Crippen LogP contribution in [-0.2, 0) is 23.7 Å². The Morgan fingerprint density at radius 2 is 1.94 bits per heavy atom. The fourth-order valence-electron chi connectivity index (χ4n) is 0.975. The minimum absolute atomic E-state index is 0.312. The molecule has 0 aromatic carbocycles. The Morgan fingerprint density at radius 1 is 1.38 bits per heavy atom. The summed E-state index contributed by atoms with van der Waals surface area (Å²) < 4.78 is 32.6. The van der Waals surface area contributed by atoms with Gasteiger partial charge in [0.25, 0.3) is 0 Å². The molecular formula is C10H20N2O3S. The summed E-state index contributed by atoms with van der Waals surface area (Å²) in [6, 6.07) is 0. The summed E-state index contributed by atoms with van der Waals surface area (Å²) in [5.41, 5.74) is 0. The van der Waals surface area contributed by atoms with Crippen molar-refractivity contribution in [2.75, 3.05) is 5.75 Å². The van der Waals surface area contributed by atoms with Crippen LogP contribution in [0.2, 0.25) is 0 Å². The largest absolute Gasteiger partial charge is 0.748 e. The van der Waals surface area contributed by atoms with Crippen LogP contribution in [0.3, 0.4) is 0 Å². The van der Waals surface area contributed by atoms with E-state index in [9.17, 15) is 13.0 Å². The first-order valence-corrected chi connectivity index (χ1v) is 6.91. The summed E-state index contributed by atoms with van der Waals surface area (Å²) in [5.74, 6) is -0.312. The number of hydrogen-bond acceptors (Lipinski definition) is 3. The highest BCUT2D eigenvalue weighted by atomic mass is 32.2. The molecule has 94 valence electrons. The third-order valence-corrected chi connectivity index (χ3v) is 2.65. The van der Waals surface area contributed by atoms with Crippen LogP contribution in [-0.4, -0.2) is 23.3 Å². The number of unbranched alkanes of at least 4 members (excludes halogenated alkanes) is 1. The lowest BCUT2D eigenvalue weighted by molar-refractivity contribution is -0.671. The van der Waals surface area contributed by atoms with Crippen LogP contribution >= 0.6 is 0 Å². The SMILES string of the molecule is CCCCn1cc[n+](C)c1.CCS(=O)(=O)[O-]. The molecule has 1 rings (SSSR count).